The SMILES string of the molecule is CO[C@@](C)(C(=O)N[C@H](CO)CN1CCOCC1)c1ccccc1F. The van der Waals surface area contributed by atoms with Crippen LogP contribution in [0.15, 0.2) is 24.3 Å². The van der Waals surface area contributed by atoms with Crippen molar-refractivity contribution in [2.75, 3.05) is 46.6 Å². The molecule has 1 amide bonds. The van der Waals surface area contributed by atoms with Crippen molar-refractivity contribution in [3.8, 4) is 0 Å². The van der Waals surface area contributed by atoms with Crippen molar-refractivity contribution in [2.24, 2.45) is 0 Å². The van der Waals surface area contributed by atoms with Gasteiger partial charge in [-0.25, -0.2) is 4.39 Å². The maximum atomic E-state index is 14.1. The van der Waals surface area contributed by atoms with Crippen molar-refractivity contribution in [1.82, 2.24) is 10.2 Å². The quantitative estimate of drug-likeness (QED) is 0.756. The molecular formula is C17H25FN2O4. The first-order chi connectivity index (χ1) is 11.5. The highest BCUT2D eigenvalue weighted by atomic mass is 19.1. The molecule has 6 nitrogen and oxygen atoms in total. The lowest BCUT2D eigenvalue weighted by Gasteiger charge is -2.33. The van der Waals surface area contributed by atoms with Gasteiger partial charge in [0.1, 0.15) is 5.82 Å². The summed E-state index contributed by atoms with van der Waals surface area (Å²) in [6.45, 7) is 4.59. The summed E-state index contributed by atoms with van der Waals surface area (Å²) >= 11 is 0. The number of carbonyl (C=O) groups is 1. The van der Waals surface area contributed by atoms with E-state index in [4.69, 9.17) is 9.47 Å². The van der Waals surface area contributed by atoms with Crippen molar-refractivity contribution in [3.63, 3.8) is 0 Å². The van der Waals surface area contributed by atoms with Crippen LogP contribution in [0.2, 0.25) is 0 Å². The van der Waals surface area contributed by atoms with Gasteiger partial charge in [-0.05, 0) is 13.0 Å². The van der Waals surface area contributed by atoms with E-state index >= 15 is 0 Å². The van der Waals surface area contributed by atoms with E-state index in [9.17, 15) is 14.3 Å². The third-order valence-electron chi connectivity index (χ3n) is 4.37. The Labute approximate surface area is 141 Å². The van der Waals surface area contributed by atoms with Gasteiger partial charge in [-0.1, -0.05) is 18.2 Å². The number of morpholine rings is 1. The molecule has 134 valence electrons. The molecule has 7 heteroatoms. The van der Waals surface area contributed by atoms with E-state index in [1.165, 1.54) is 26.2 Å². The number of benzene rings is 1. The Morgan fingerprint density at radius 1 is 1.46 bits per heavy atom. The van der Waals surface area contributed by atoms with Crippen LogP contribution in [-0.4, -0.2) is 68.5 Å². The lowest BCUT2D eigenvalue weighted by molar-refractivity contribution is -0.144. The van der Waals surface area contributed by atoms with E-state index in [0.717, 1.165) is 13.1 Å². The normalized spacial score (nSPS) is 19.5. The van der Waals surface area contributed by atoms with Crippen LogP contribution in [0.3, 0.4) is 0 Å². The van der Waals surface area contributed by atoms with E-state index in [0.29, 0.717) is 19.8 Å². The summed E-state index contributed by atoms with van der Waals surface area (Å²) in [5.41, 5.74) is -1.31. The first-order valence-corrected chi connectivity index (χ1v) is 8.03. The van der Waals surface area contributed by atoms with Gasteiger partial charge in [-0.3, -0.25) is 9.69 Å². The van der Waals surface area contributed by atoms with Crippen LogP contribution in [0, 0.1) is 5.82 Å². The number of halogens is 1. The Hall–Kier alpha value is -1.54. The summed E-state index contributed by atoms with van der Waals surface area (Å²) in [6.07, 6.45) is 0. The number of amides is 1. The van der Waals surface area contributed by atoms with Gasteiger partial charge in [0.2, 0.25) is 0 Å². The van der Waals surface area contributed by atoms with Gasteiger partial charge < -0.3 is 19.9 Å². The van der Waals surface area contributed by atoms with Gasteiger partial charge in [-0.2, -0.15) is 0 Å². The molecule has 0 saturated carbocycles. The minimum atomic E-state index is -1.47. The first-order valence-electron chi connectivity index (χ1n) is 8.03. The molecular weight excluding hydrogens is 315 g/mol. The lowest BCUT2D eigenvalue weighted by atomic mass is 9.93. The molecule has 1 aliphatic rings. The number of rotatable bonds is 7. The molecule has 1 fully saturated rings. The van der Waals surface area contributed by atoms with Crippen LogP contribution in [0.1, 0.15) is 12.5 Å². The molecule has 2 N–H and O–H groups in total. The van der Waals surface area contributed by atoms with E-state index < -0.39 is 23.4 Å². The van der Waals surface area contributed by atoms with Crippen LogP contribution >= 0.6 is 0 Å². The summed E-state index contributed by atoms with van der Waals surface area (Å²) in [4.78, 5) is 14.8. The summed E-state index contributed by atoms with van der Waals surface area (Å²) in [6, 6.07) is 5.56. The third kappa shape index (κ3) is 4.30. The second-order valence-electron chi connectivity index (χ2n) is 5.98. The second kappa shape index (κ2) is 8.53. The topological polar surface area (TPSA) is 71.0 Å². The third-order valence-corrected chi connectivity index (χ3v) is 4.37. The molecule has 24 heavy (non-hydrogen) atoms. The van der Waals surface area contributed by atoms with Crippen LogP contribution in [0.25, 0.3) is 0 Å². The van der Waals surface area contributed by atoms with E-state index in [-0.39, 0.29) is 12.2 Å². The Kier molecular flexibility index (Phi) is 6.68. The smallest absolute Gasteiger partial charge is 0.257 e. The van der Waals surface area contributed by atoms with Crippen LogP contribution < -0.4 is 5.32 Å². The Balaban J connectivity index is 2.08. The molecule has 0 aromatic heterocycles. The molecule has 1 heterocycles. The number of nitrogens with zero attached hydrogens (tertiary/aromatic N) is 1. The van der Waals surface area contributed by atoms with Crippen molar-refractivity contribution >= 4 is 5.91 Å². The first kappa shape index (κ1) is 18.8. The number of hydrogen-bond acceptors (Lipinski definition) is 5. The molecule has 0 unspecified atom stereocenters. The maximum Gasteiger partial charge on any atom is 0.257 e. The van der Waals surface area contributed by atoms with Gasteiger partial charge in [0.05, 0.1) is 25.9 Å². The molecule has 0 aliphatic carbocycles. The van der Waals surface area contributed by atoms with Crippen molar-refractivity contribution in [3.05, 3.63) is 35.6 Å². The number of ether oxygens (including phenoxy) is 2. The van der Waals surface area contributed by atoms with Crippen LogP contribution in [-0.2, 0) is 19.9 Å². The van der Waals surface area contributed by atoms with Crippen molar-refractivity contribution in [2.45, 2.75) is 18.6 Å². The van der Waals surface area contributed by atoms with Gasteiger partial charge in [0.15, 0.2) is 5.60 Å². The zero-order chi connectivity index (χ0) is 17.6. The predicted octanol–water partition coefficient (Wildman–Crippen LogP) is 0.497. The standard InChI is InChI=1S/C17H25FN2O4/c1-17(23-2,14-5-3-4-6-15(14)18)16(22)19-13(12-21)11-20-7-9-24-10-8-20/h3-6,13,21H,7-12H2,1-2H3,(H,19,22)/t13-,17+/m0/s1. The zero-order valence-electron chi connectivity index (χ0n) is 14.1. The highest BCUT2D eigenvalue weighted by Gasteiger charge is 2.38. The van der Waals surface area contributed by atoms with Gasteiger partial charge >= 0.3 is 0 Å². The van der Waals surface area contributed by atoms with Gasteiger partial charge in [-0.15, -0.1) is 0 Å². The summed E-state index contributed by atoms with van der Waals surface area (Å²) in [5, 5.41) is 12.3. The molecule has 2 rings (SSSR count). The molecule has 0 bridgehead atoms. The highest BCUT2D eigenvalue weighted by molar-refractivity contribution is 5.86. The molecule has 1 aromatic rings. The van der Waals surface area contributed by atoms with Crippen molar-refractivity contribution < 1.29 is 23.8 Å². The molecule has 0 radical (unpaired) electrons. The summed E-state index contributed by atoms with van der Waals surface area (Å²) in [5.74, 6) is -0.992. The lowest BCUT2D eigenvalue weighted by Crippen LogP contribution is -2.53. The van der Waals surface area contributed by atoms with Crippen LogP contribution in [0.5, 0.6) is 0 Å². The number of carbonyl (C=O) groups excluding carboxylic acids is 1. The van der Waals surface area contributed by atoms with E-state index in [1.807, 2.05) is 0 Å². The van der Waals surface area contributed by atoms with Crippen molar-refractivity contribution in [1.29, 1.82) is 0 Å². The van der Waals surface area contributed by atoms with E-state index in [2.05, 4.69) is 10.2 Å². The number of hydrogen-bond donors (Lipinski definition) is 2. The Morgan fingerprint density at radius 2 is 2.12 bits per heavy atom. The average molecular weight is 340 g/mol. The fraction of sp³-hybridized carbons (Fsp3) is 0.588. The summed E-state index contributed by atoms with van der Waals surface area (Å²) < 4.78 is 24.7. The Bertz CT molecular complexity index is 551. The molecule has 1 aromatic carbocycles. The average Bonchev–Trinajstić information content (AvgIpc) is 2.61. The summed E-state index contributed by atoms with van der Waals surface area (Å²) in [7, 11) is 1.36. The minimum Gasteiger partial charge on any atom is -0.394 e. The second-order valence-corrected chi connectivity index (χ2v) is 5.98. The van der Waals surface area contributed by atoms with Gasteiger partial charge in [0.25, 0.3) is 5.91 Å². The fourth-order valence-corrected chi connectivity index (χ4v) is 2.74. The Morgan fingerprint density at radius 3 is 2.71 bits per heavy atom. The molecule has 2 atom stereocenters. The predicted molar refractivity (Wildman–Crippen MR) is 87.0 cm³/mol. The number of aliphatic hydroxyl groups excluding tert-OH is 1. The minimum absolute atomic E-state index is 0.160. The maximum absolute atomic E-state index is 14.1. The zero-order valence-corrected chi connectivity index (χ0v) is 14.1. The highest BCUT2D eigenvalue weighted by Crippen LogP contribution is 2.27. The van der Waals surface area contributed by atoms with E-state index in [1.54, 1.807) is 12.1 Å². The number of aliphatic hydroxyl groups is 1. The largest absolute Gasteiger partial charge is 0.394 e. The fourth-order valence-electron chi connectivity index (χ4n) is 2.74. The van der Waals surface area contributed by atoms with Gasteiger partial charge in [0, 0.05) is 32.3 Å². The monoisotopic (exact) mass is 340 g/mol. The molecule has 1 saturated heterocycles. The molecule has 1 aliphatic heterocycles. The van der Waals surface area contributed by atoms with Crippen LogP contribution in [0.4, 0.5) is 4.39 Å². The number of nitrogens with one attached hydrogen (secondary N) is 1. The number of methoxy groups -OCH3 is 1. The molecule has 0 spiro atoms.